The summed E-state index contributed by atoms with van der Waals surface area (Å²) in [5.74, 6) is -0.929. The molecule has 0 aromatic carbocycles. The van der Waals surface area contributed by atoms with Crippen molar-refractivity contribution in [3.63, 3.8) is 0 Å². The van der Waals surface area contributed by atoms with E-state index >= 15 is 0 Å². The van der Waals surface area contributed by atoms with Crippen LogP contribution in [0.15, 0.2) is 24.3 Å². The number of unbranched alkanes of at least 4 members (excludes halogenated alkanes) is 28. The molecule has 0 aromatic rings. The molecule has 1 unspecified atom stereocenters. The molecule has 0 aliphatic carbocycles. The van der Waals surface area contributed by atoms with Crippen LogP contribution in [0.3, 0.4) is 0 Å². The number of carbonyl (C=O) groups excluding carboxylic acids is 3. The molecular formula is C49H90O6. The number of hydrogen-bond donors (Lipinski definition) is 0. The number of ether oxygens (including phenoxy) is 3. The normalized spacial score (nSPS) is 12.1. The van der Waals surface area contributed by atoms with Gasteiger partial charge in [-0.3, -0.25) is 14.4 Å². The summed E-state index contributed by atoms with van der Waals surface area (Å²) in [6.07, 6.45) is 48.8. The molecule has 0 spiro atoms. The van der Waals surface area contributed by atoms with Crippen molar-refractivity contribution < 1.29 is 28.6 Å². The van der Waals surface area contributed by atoms with Crippen LogP contribution in [-0.2, 0) is 28.6 Å². The van der Waals surface area contributed by atoms with Crippen LogP contribution in [0.1, 0.15) is 252 Å². The highest BCUT2D eigenvalue weighted by Gasteiger charge is 2.19. The van der Waals surface area contributed by atoms with Crippen molar-refractivity contribution in [3.05, 3.63) is 24.3 Å². The summed E-state index contributed by atoms with van der Waals surface area (Å²) in [5.41, 5.74) is 0. The van der Waals surface area contributed by atoms with Crippen molar-refractivity contribution in [2.24, 2.45) is 0 Å². The maximum absolute atomic E-state index is 12.7. The van der Waals surface area contributed by atoms with Crippen LogP contribution < -0.4 is 0 Å². The fourth-order valence-electron chi connectivity index (χ4n) is 6.79. The second-order valence-corrected chi connectivity index (χ2v) is 16.0. The lowest BCUT2D eigenvalue weighted by Crippen LogP contribution is -2.30. The Balaban J connectivity index is 4.35. The molecule has 322 valence electrons. The first-order valence-electron chi connectivity index (χ1n) is 23.8. The molecule has 0 radical (unpaired) electrons. The van der Waals surface area contributed by atoms with Crippen molar-refractivity contribution in [3.8, 4) is 0 Å². The molecule has 0 rings (SSSR count). The smallest absolute Gasteiger partial charge is 0.306 e. The van der Waals surface area contributed by atoms with Crippen molar-refractivity contribution >= 4 is 17.9 Å². The number of rotatable bonds is 43. The molecule has 0 amide bonds. The Morgan fingerprint density at radius 1 is 0.345 bits per heavy atom. The number of esters is 3. The van der Waals surface area contributed by atoms with Gasteiger partial charge < -0.3 is 14.2 Å². The van der Waals surface area contributed by atoms with Gasteiger partial charge in [-0.1, -0.05) is 193 Å². The van der Waals surface area contributed by atoms with Crippen molar-refractivity contribution in [1.29, 1.82) is 0 Å². The molecule has 6 nitrogen and oxygen atoms in total. The first-order chi connectivity index (χ1) is 27.0. The Bertz CT molecular complexity index is 896. The van der Waals surface area contributed by atoms with E-state index in [1.54, 1.807) is 0 Å². The molecule has 0 heterocycles. The second-order valence-electron chi connectivity index (χ2n) is 16.0. The predicted octanol–water partition coefficient (Wildman–Crippen LogP) is 15.2. The quantitative estimate of drug-likeness (QED) is 0.0266. The van der Waals surface area contributed by atoms with Gasteiger partial charge in [-0.05, 0) is 64.2 Å². The van der Waals surface area contributed by atoms with E-state index in [1.807, 2.05) is 0 Å². The van der Waals surface area contributed by atoms with E-state index in [-0.39, 0.29) is 31.1 Å². The second kappa shape index (κ2) is 44.6. The summed E-state index contributed by atoms with van der Waals surface area (Å²) in [6.45, 7) is 6.57. The third kappa shape index (κ3) is 42.9. The van der Waals surface area contributed by atoms with Gasteiger partial charge in [-0.2, -0.15) is 0 Å². The highest BCUT2D eigenvalue weighted by molar-refractivity contribution is 5.71. The maximum atomic E-state index is 12.7. The van der Waals surface area contributed by atoms with Crippen LogP contribution in [0.5, 0.6) is 0 Å². The van der Waals surface area contributed by atoms with Gasteiger partial charge in [0.2, 0.25) is 0 Å². The number of allylic oxidation sites excluding steroid dienone is 4. The lowest BCUT2D eigenvalue weighted by Gasteiger charge is -2.18. The largest absolute Gasteiger partial charge is 0.462 e. The van der Waals surface area contributed by atoms with Crippen LogP contribution >= 0.6 is 0 Å². The lowest BCUT2D eigenvalue weighted by molar-refractivity contribution is -0.167. The zero-order chi connectivity index (χ0) is 40.1. The molecule has 0 aromatic heterocycles. The third-order valence-corrected chi connectivity index (χ3v) is 10.4. The third-order valence-electron chi connectivity index (χ3n) is 10.4. The Hall–Kier alpha value is -2.11. The molecule has 0 saturated carbocycles. The standard InChI is InChI=1S/C49H90O6/c1-4-7-10-13-16-19-21-23-24-26-27-30-33-36-39-42-48(51)54-45-46(44-53-47(50)41-38-35-32-29-18-15-12-9-6-3)55-49(52)43-40-37-34-31-28-25-22-20-17-14-11-8-5-2/h25,28-29,32,46H,4-24,26-27,30-31,33-45H2,1-3H3/b28-25-,32-29-. The average molecular weight is 775 g/mol. The SMILES string of the molecule is CCCCCC/C=C\CCCC(=O)OCC(COC(=O)CCCCCCCCCCCCCCCCC)OC(=O)CCCCC/C=C\CCCCCCCC. The van der Waals surface area contributed by atoms with E-state index < -0.39 is 6.10 Å². The first-order valence-corrected chi connectivity index (χ1v) is 23.8. The summed E-state index contributed by atoms with van der Waals surface area (Å²) in [6, 6.07) is 0. The van der Waals surface area contributed by atoms with E-state index in [1.165, 1.54) is 141 Å². The topological polar surface area (TPSA) is 78.9 Å². The molecule has 55 heavy (non-hydrogen) atoms. The predicted molar refractivity (Wildman–Crippen MR) is 233 cm³/mol. The van der Waals surface area contributed by atoms with Gasteiger partial charge in [0.25, 0.3) is 0 Å². The molecule has 0 aliphatic rings. The van der Waals surface area contributed by atoms with Crippen molar-refractivity contribution in [1.82, 2.24) is 0 Å². The van der Waals surface area contributed by atoms with Crippen LogP contribution in [0, 0.1) is 0 Å². The van der Waals surface area contributed by atoms with Gasteiger partial charge in [0.15, 0.2) is 6.10 Å². The Labute approximate surface area is 341 Å². The first kappa shape index (κ1) is 52.9. The Morgan fingerprint density at radius 3 is 1.02 bits per heavy atom. The van der Waals surface area contributed by atoms with Gasteiger partial charge in [0, 0.05) is 19.3 Å². The molecule has 1 atom stereocenters. The van der Waals surface area contributed by atoms with Crippen LogP contribution in [0.2, 0.25) is 0 Å². The van der Waals surface area contributed by atoms with Gasteiger partial charge in [0.05, 0.1) is 0 Å². The minimum Gasteiger partial charge on any atom is -0.462 e. The van der Waals surface area contributed by atoms with Crippen LogP contribution in [-0.4, -0.2) is 37.2 Å². The maximum Gasteiger partial charge on any atom is 0.306 e. The highest BCUT2D eigenvalue weighted by Crippen LogP contribution is 2.15. The number of carbonyl (C=O) groups is 3. The van der Waals surface area contributed by atoms with Gasteiger partial charge in [-0.25, -0.2) is 0 Å². The molecular weight excluding hydrogens is 685 g/mol. The van der Waals surface area contributed by atoms with Gasteiger partial charge >= 0.3 is 17.9 Å². The highest BCUT2D eigenvalue weighted by atomic mass is 16.6. The minimum atomic E-state index is -0.783. The number of hydrogen-bond acceptors (Lipinski definition) is 6. The Kier molecular flexibility index (Phi) is 42.9. The van der Waals surface area contributed by atoms with E-state index in [0.717, 1.165) is 70.6 Å². The zero-order valence-corrected chi connectivity index (χ0v) is 36.7. The molecule has 0 fully saturated rings. The summed E-state index contributed by atoms with van der Waals surface area (Å²) in [5, 5.41) is 0. The molecule has 0 aliphatic heterocycles. The summed E-state index contributed by atoms with van der Waals surface area (Å²) in [4.78, 5) is 37.7. The molecule has 0 N–H and O–H groups in total. The zero-order valence-electron chi connectivity index (χ0n) is 36.7. The Morgan fingerprint density at radius 2 is 0.618 bits per heavy atom. The monoisotopic (exact) mass is 775 g/mol. The van der Waals surface area contributed by atoms with E-state index in [2.05, 4.69) is 45.1 Å². The molecule has 0 bridgehead atoms. The molecule has 0 saturated heterocycles. The van der Waals surface area contributed by atoms with E-state index in [0.29, 0.717) is 19.3 Å². The van der Waals surface area contributed by atoms with Crippen LogP contribution in [0.25, 0.3) is 0 Å². The molecule has 6 heteroatoms. The van der Waals surface area contributed by atoms with Crippen molar-refractivity contribution in [2.75, 3.05) is 13.2 Å². The summed E-state index contributed by atoms with van der Waals surface area (Å²) in [7, 11) is 0. The lowest BCUT2D eigenvalue weighted by atomic mass is 10.0. The van der Waals surface area contributed by atoms with E-state index in [9.17, 15) is 14.4 Å². The average Bonchev–Trinajstić information content (AvgIpc) is 3.18. The van der Waals surface area contributed by atoms with Gasteiger partial charge in [-0.15, -0.1) is 0 Å². The fraction of sp³-hybridized carbons (Fsp3) is 0.857. The fourth-order valence-corrected chi connectivity index (χ4v) is 6.79. The van der Waals surface area contributed by atoms with Gasteiger partial charge in [0.1, 0.15) is 13.2 Å². The van der Waals surface area contributed by atoms with Crippen molar-refractivity contribution in [2.45, 2.75) is 258 Å². The minimum absolute atomic E-state index is 0.0826. The van der Waals surface area contributed by atoms with E-state index in [4.69, 9.17) is 14.2 Å². The summed E-state index contributed by atoms with van der Waals surface area (Å²) >= 11 is 0. The van der Waals surface area contributed by atoms with Crippen LogP contribution in [0.4, 0.5) is 0 Å². The summed E-state index contributed by atoms with van der Waals surface area (Å²) < 4.78 is 16.7.